The summed E-state index contributed by atoms with van der Waals surface area (Å²) in [6, 6.07) is 79.7. The van der Waals surface area contributed by atoms with Crippen LogP contribution in [0.15, 0.2) is 206 Å². The number of fused-ring (bicyclic) bond motifs is 20. The van der Waals surface area contributed by atoms with Crippen molar-refractivity contribution in [1.82, 2.24) is 0 Å². The fourth-order valence-corrected chi connectivity index (χ4v) is 15.5. The lowest BCUT2D eigenvalue weighted by atomic mass is 9.42. The van der Waals surface area contributed by atoms with Gasteiger partial charge in [-0.3, -0.25) is 0 Å². The van der Waals surface area contributed by atoms with Crippen molar-refractivity contribution in [3.05, 3.63) is 245 Å². The molecular weight excluding hydrogens is 888 g/mol. The molecule has 0 fully saturated rings. The van der Waals surface area contributed by atoms with Crippen LogP contribution in [0.2, 0.25) is 0 Å². The van der Waals surface area contributed by atoms with E-state index >= 15 is 0 Å². The van der Waals surface area contributed by atoms with Gasteiger partial charge in [-0.05, 0) is 120 Å². The van der Waals surface area contributed by atoms with Gasteiger partial charge in [-0.15, -0.1) is 11.3 Å². The van der Waals surface area contributed by atoms with E-state index in [1.165, 1.54) is 143 Å². The molecule has 340 valence electrons. The van der Waals surface area contributed by atoms with E-state index in [4.69, 9.17) is 0 Å². The van der Waals surface area contributed by atoms with Crippen LogP contribution in [0.25, 0.3) is 64.7 Å². The minimum Gasteiger partial charge on any atom is -0.376 e. The lowest BCUT2D eigenvalue weighted by Gasteiger charge is -2.52. The molecule has 0 saturated heterocycles. The first-order valence-electron chi connectivity index (χ1n) is 25.6. The third-order valence-corrected chi connectivity index (χ3v) is 18.6. The van der Waals surface area contributed by atoms with E-state index < -0.39 is 5.41 Å². The van der Waals surface area contributed by atoms with Crippen LogP contribution in [0.5, 0.6) is 0 Å². The number of benzene rings is 10. The van der Waals surface area contributed by atoms with Gasteiger partial charge in [0.15, 0.2) is 0 Å². The zero-order valence-corrected chi connectivity index (χ0v) is 41.8. The molecule has 0 bridgehead atoms. The molecule has 0 unspecified atom stereocenters. The molecule has 1 spiro atoms. The maximum atomic E-state index is 2.80. The Kier molecular flexibility index (Phi) is 7.89. The molecule has 0 amide bonds. The van der Waals surface area contributed by atoms with Crippen LogP contribution >= 0.6 is 11.3 Å². The molecule has 72 heavy (non-hydrogen) atoms. The summed E-state index contributed by atoms with van der Waals surface area (Å²) in [6.45, 7) is 11.7. The number of thiophene rings is 1. The van der Waals surface area contributed by atoms with Crippen LogP contribution in [0.1, 0.15) is 73.6 Å². The van der Waals surface area contributed by atoms with Crippen LogP contribution in [-0.2, 0) is 16.2 Å². The van der Waals surface area contributed by atoms with Gasteiger partial charge in [0, 0.05) is 65.0 Å². The lowest BCUT2D eigenvalue weighted by molar-refractivity contribution is 0.590. The summed E-state index contributed by atoms with van der Waals surface area (Å²) in [5, 5.41) is 2.62. The molecule has 2 nitrogen and oxygen atoms in total. The summed E-state index contributed by atoms with van der Waals surface area (Å²) in [5.41, 5.74) is 28.1. The molecule has 16 rings (SSSR count). The molecular formula is C68H49BN2S. The van der Waals surface area contributed by atoms with Crippen molar-refractivity contribution in [2.24, 2.45) is 0 Å². The standard InChI is InChI=1S/C68H49BN2S/c1-66(2,3)41-34-35-57(47(36-41)40-20-7-6-8-21-40)70-59-37-48-44-24-9-13-27-50(44)67(4,5)55(48)39-56(59)69-63-60(70)38-49-45-25-12-18-33-61(45)72-65(49)62(63)46-26-19-31-54-64(46)71(69)58-32-17-16-30-53(58)68(54)51-28-14-10-22-42(51)43-23-11-15-29-52(43)68/h6-39H,1-5H3. The van der Waals surface area contributed by atoms with Crippen molar-refractivity contribution < 1.29 is 0 Å². The second-order valence-electron chi connectivity index (χ2n) is 22.3. The van der Waals surface area contributed by atoms with Gasteiger partial charge in [0.1, 0.15) is 0 Å². The molecule has 11 aromatic rings. The van der Waals surface area contributed by atoms with Crippen molar-refractivity contribution in [3.8, 4) is 44.5 Å². The highest BCUT2D eigenvalue weighted by Crippen LogP contribution is 2.66. The monoisotopic (exact) mass is 936 g/mol. The van der Waals surface area contributed by atoms with Crippen molar-refractivity contribution in [1.29, 1.82) is 0 Å². The van der Waals surface area contributed by atoms with E-state index in [9.17, 15) is 0 Å². The van der Waals surface area contributed by atoms with Gasteiger partial charge in [-0.2, -0.15) is 0 Å². The zero-order chi connectivity index (χ0) is 48.0. The average Bonchev–Trinajstić information content (AvgIpc) is 4.02. The molecule has 0 N–H and O–H groups in total. The molecule has 0 atom stereocenters. The number of hydrogen-bond donors (Lipinski definition) is 0. The van der Waals surface area contributed by atoms with Crippen LogP contribution < -0.4 is 20.6 Å². The topological polar surface area (TPSA) is 6.48 Å². The van der Waals surface area contributed by atoms with Gasteiger partial charge in [-0.25, -0.2) is 0 Å². The number of para-hydroxylation sites is 2. The van der Waals surface area contributed by atoms with Crippen LogP contribution in [0, 0.1) is 0 Å². The summed E-state index contributed by atoms with van der Waals surface area (Å²) < 4.78 is 2.67. The van der Waals surface area contributed by atoms with E-state index in [0.717, 1.165) is 0 Å². The molecule has 5 aliphatic rings. The number of anilines is 5. The summed E-state index contributed by atoms with van der Waals surface area (Å²) in [7, 11) is 0. The Bertz CT molecular complexity index is 4160. The van der Waals surface area contributed by atoms with Crippen LogP contribution in [-0.4, -0.2) is 6.85 Å². The Labute approximate surface area is 425 Å². The van der Waals surface area contributed by atoms with Gasteiger partial charge in [0.2, 0.25) is 0 Å². The first-order valence-corrected chi connectivity index (χ1v) is 26.4. The van der Waals surface area contributed by atoms with Crippen molar-refractivity contribution >= 4 is 77.7 Å². The van der Waals surface area contributed by atoms with E-state index in [2.05, 4.69) is 251 Å². The Balaban J connectivity index is 1.10. The number of rotatable bonds is 2. The highest BCUT2D eigenvalue weighted by Gasteiger charge is 2.57. The number of nitrogens with zero attached hydrogens (tertiary/aromatic N) is 2. The van der Waals surface area contributed by atoms with Crippen molar-refractivity contribution in [2.75, 3.05) is 9.71 Å². The predicted octanol–water partition coefficient (Wildman–Crippen LogP) is 16.7. The lowest BCUT2D eigenvalue weighted by Crippen LogP contribution is -2.63. The minimum atomic E-state index is -0.523. The normalized spacial score (nSPS) is 15.4. The predicted molar refractivity (Wildman–Crippen MR) is 306 cm³/mol. The van der Waals surface area contributed by atoms with Gasteiger partial charge >= 0.3 is 6.85 Å². The summed E-state index contributed by atoms with van der Waals surface area (Å²) in [6.07, 6.45) is 0. The van der Waals surface area contributed by atoms with Gasteiger partial charge < -0.3 is 9.71 Å². The largest absolute Gasteiger partial charge is 0.376 e. The fourth-order valence-electron chi connectivity index (χ4n) is 14.3. The average molecular weight is 937 g/mol. The molecule has 0 radical (unpaired) electrons. The highest BCUT2D eigenvalue weighted by atomic mass is 32.1. The third kappa shape index (κ3) is 4.96. The maximum absolute atomic E-state index is 2.80. The van der Waals surface area contributed by atoms with Crippen LogP contribution in [0.3, 0.4) is 0 Å². The Morgan fingerprint density at radius 1 is 0.444 bits per heavy atom. The van der Waals surface area contributed by atoms with E-state index in [0.29, 0.717) is 0 Å². The van der Waals surface area contributed by atoms with E-state index in [-0.39, 0.29) is 17.7 Å². The van der Waals surface area contributed by atoms with E-state index in [1.54, 1.807) is 0 Å². The van der Waals surface area contributed by atoms with Gasteiger partial charge in [0.25, 0.3) is 0 Å². The molecule has 1 aromatic heterocycles. The molecule has 3 aliphatic heterocycles. The smallest absolute Gasteiger partial charge is 0.333 e. The van der Waals surface area contributed by atoms with Crippen molar-refractivity contribution in [3.63, 3.8) is 0 Å². The third-order valence-electron chi connectivity index (χ3n) is 17.4. The SMILES string of the molecule is CC(C)(C)c1ccc(N2c3cc4c(cc3B3c5c2cc2c(sc6ccccc62)c5-c2cccc5c2N3c2ccccc2C52c3ccccc3-c3ccccc32)C(C)(C)c2ccccc2-4)c(-c2ccccc2)c1. The molecule has 4 heterocycles. The summed E-state index contributed by atoms with van der Waals surface area (Å²) >= 11 is 1.96. The Morgan fingerprint density at radius 3 is 1.82 bits per heavy atom. The first kappa shape index (κ1) is 40.8. The van der Waals surface area contributed by atoms with Gasteiger partial charge in [-0.1, -0.05) is 204 Å². The minimum absolute atomic E-state index is 0.0441. The quantitative estimate of drug-likeness (QED) is 0.159. The Morgan fingerprint density at radius 2 is 1.07 bits per heavy atom. The fraction of sp³-hybridized carbons (Fsp3) is 0.118. The van der Waals surface area contributed by atoms with Crippen LogP contribution in [0.4, 0.5) is 28.4 Å². The summed E-state index contributed by atoms with van der Waals surface area (Å²) in [5.74, 6) is 0. The highest BCUT2D eigenvalue weighted by molar-refractivity contribution is 7.26. The second kappa shape index (κ2) is 13.9. The second-order valence-corrected chi connectivity index (χ2v) is 23.4. The zero-order valence-electron chi connectivity index (χ0n) is 41.0. The molecule has 0 saturated carbocycles. The molecule has 10 aromatic carbocycles. The maximum Gasteiger partial charge on any atom is 0.333 e. The Hall–Kier alpha value is -7.92. The van der Waals surface area contributed by atoms with Gasteiger partial charge in [0.05, 0.1) is 11.1 Å². The summed E-state index contributed by atoms with van der Waals surface area (Å²) in [4.78, 5) is 5.49. The molecule has 2 aliphatic carbocycles. The van der Waals surface area contributed by atoms with Crippen molar-refractivity contribution in [2.45, 2.75) is 50.9 Å². The molecule has 4 heteroatoms. The first-order chi connectivity index (χ1) is 35.1. The van der Waals surface area contributed by atoms with E-state index in [1.807, 2.05) is 11.3 Å². The number of hydrogen-bond acceptors (Lipinski definition) is 3.